The number of hydrogen-bond donors (Lipinski definition) is 2. The molecule has 6 nitrogen and oxygen atoms in total. The van der Waals surface area contributed by atoms with E-state index in [1.54, 1.807) is 0 Å². The van der Waals surface area contributed by atoms with E-state index in [2.05, 4.69) is 31.2 Å². The Morgan fingerprint density at radius 1 is 1.26 bits per heavy atom. The van der Waals surface area contributed by atoms with Crippen molar-refractivity contribution in [3.8, 4) is 0 Å². The van der Waals surface area contributed by atoms with Crippen LogP contribution in [0.2, 0.25) is 0 Å². The molecule has 0 aliphatic heterocycles. The molecular weight excluding hydrogens is 294 g/mol. The van der Waals surface area contributed by atoms with Gasteiger partial charge in [0.2, 0.25) is 0 Å². The van der Waals surface area contributed by atoms with Gasteiger partial charge in [0.25, 0.3) is 5.91 Å². The number of rotatable bonds is 4. The third kappa shape index (κ3) is 3.26. The molecular formula is C17H25N3O3. The Labute approximate surface area is 136 Å². The Morgan fingerprint density at radius 3 is 2.52 bits per heavy atom. The molecule has 2 aliphatic rings. The van der Waals surface area contributed by atoms with Gasteiger partial charge in [0.05, 0.1) is 11.5 Å². The van der Waals surface area contributed by atoms with Gasteiger partial charge in [-0.15, -0.1) is 0 Å². The summed E-state index contributed by atoms with van der Waals surface area (Å²) in [5.41, 5.74) is 1.34. The minimum atomic E-state index is -0.827. The van der Waals surface area contributed by atoms with Crippen LogP contribution in [-0.2, 0) is 10.3 Å². The molecule has 1 aromatic heterocycles. The molecule has 2 N–H and O–H groups in total. The summed E-state index contributed by atoms with van der Waals surface area (Å²) in [5.74, 6) is -1.06. The highest BCUT2D eigenvalue weighted by Gasteiger charge is 2.36. The summed E-state index contributed by atoms with van der Waals surface area (Å²) in [4.78, 5) is 23.8. The van der Waals surface area contributed by atoms with Crippen molar-refractivity contribution in [3.63, 3.8) is 0 Å². The molecule has 0 unspecified atom stereocenters. The maximum Gasteiger partial charge on any atom is 0.308 e. The molecule has 0 saturated heterocycles. The molecule has 0 radical (unpaired) electrons. The number of aromatic nitrogens is 2. The Hall–Kier alpha value is -1.85. The van der Waals surface area contributed by atoms with Crippen LogP contribution in [-0.4, -0.2) is 32.8 Å². The highest BCUT2D eigenvalue weighted by atomic mass is 16.4. The fourth-order valence-corrected chi connectivity index (χ4v) is 3.38. The number of aliphatic carboxylic acids is 1. The molecule has 6 heteroatoms. The smallest absolute Gasteiger partial charge is 0.308 e. The second kappa shape index (κ2) is 5.65. The van der Waals surface area contributed by atoms with Gasteiger partial charge in [-0.1, -0.05) is 6.42 Å². The lowest BCUT2D eigenvalue weighted by molar-refractivity contribution is -0.142. The number of carbonyl (C=O) groups is 2. The maximum atomic E-state index is 12.5. The zero-order valence-electron chi connectivity index (χ0n) is 14.0. The van der Waals surface area contributed by atoms with Crippen molar-refractivity contribution in [3.05, 3.63) is 17.5 Å². The SMILES string of the molecule is CC(C)(C)n1nc(C(=O)N[C@@H]2CCC[C@@H]2C(=O)O)cc1C1CC1. The van der Waals surface area contributed by atoms with Crippen molar-refractivity contribution >= 4 is 11.9 Å². The van der Waals surface area contributed by atoms with E-state index < -0.39 is 11.9 Å². The molecule has 3 rings (SSSR count). The molecule has 126 valence electrons. The fourth-order valence-electron chi connectivity index (χ4n) is 3.38. The lowest BCUT2D eigenvalue weighted by Gasteiger charge is -2.22. The summed E-state index contributed by atoms with van der Waals surface area (Å²) in [6, 6.07) is 1.59. The fraction of sp³-hybridized carbons (Fsp3) is 0.706. The first-order chi connectivity index (χ1) is 10.8. The molecule has 1 amide bonds. The molecule has 1 aromatic rings. The Kier molecular flexibility index (Phi) is 3.94. The van der Waals surface area contributed by atoms with Gasteiger partial charge in [0, 0.05) is 17.7 Å². The summed E-state index contributed by atoms with van der Waals surface area (Å²) in [7, 11) is 0. The van der Waals surface area contributed by atoms with E-state index in [-0.39, 0.29) is 17.5 Å². The Bertz CT molecular complexity index is 626. The maximum absolute atomic E-state index is 12.5. The molecule has 1 heterocycles. The summed E-state index contributed by atoms with van der Waals surface area (Å²) < 4.78 is 1.95. The summed E-state index contributed by atoms with van der Waals surface area (Å²) in [6.45, 7) is 6.22. The van der Waals surface area contributed by atoms with E-state index in [0.29, 0.717) is 18.0 Å². The highest BCUT2D eigenvalue weighted by Crippen LogP contribution is 2.41. The number of amides is 1. The number of hydrogen-bond acceptors (Lipinski definition) is 3. The summed E-state index contributed by atoms with van der Waals surface area (Å²) in [5, 5.41) is 16.6. The second-order valence-electron chi connectivity index (χ2n) is 7.77. The average molecular weight is 319 g/mol. The second-order valence-corrected chi connectivity index (χ2v) is 7.77. The zero-order valence-corrected chi connectivity index (χ0v) is 14.0. The van der Waals surface area contributed by atoms with Crippen molar-refractivity contribution < 1.29 is 14.7 Å². The lowest BCUT2D eigenvalue weighted by Crippen LogP contribution is -2.40. The molecule has 23 heavy (non-hydrogen) atoms. The number of carboxylic acids is 1. The topological polar surface area (TPSA) is 84.2 Å². The molecule has 2 saturated carbocycles. The van der Waals surface area contributed by atoms with Gasteiger partial charge in [-0.2, -0.15) is 5.10 Å². The van der Waals surface area contributed by atoms with Crippen LogP contribution in [0.1, 0.15) is 75.0 Å². The van der Waals surface area contributed by atoms with Crippen LogP contribution in [0.5, 0.6) is 0 Å². The highest BCUT2D eigenvalue weighted by molar-refractivity contribution is 5.93. The van der Waals surface area contributed by atoms with Crippen LogP contribution in [0.4, 0.5) is 0 Å². The van der Waals surface area contributed by atoms with Gasteiger partial charge < -0.3 is 10.4 Å². The van der Waals surface area contributed by atoms with Crippen LogP contribution in [0.3, 0.4) is 0 Å². The molecule has 2 fully saturated rings. The molecule has 2 atom stereocenters. The van der Waals surface area contributed by atoms with E-state index in [4.69, 9.17) is 0 Å². The average Bonchev–Trinajstić information content (AvgIpc) is 3.00. The minimum Gasteiger partial charge on any atom is -0.481 e. The predicted octanol–water partition coefficient (Wildman–Crippen LogP) is 2.50. The number of carbonyl (C=O) groups excluding carboxylic acids is 1. The molecule has 0 bridgehead atoms. The van der Waals surface area contributed by atoms with Crippen LogP contribution in [0.25, 0.3) is 0 Å². The standard InChI is InChI=1S/C17H25N3O3/c1-17(2,3)20-14(10-7-8-10)9-13(19-20)15(21)18-12-6-4-5-11(12)16(22)23/h9-12H,4-8H2,1-3H3,(H,18,21)(H,22,23)/t11-,12+/m0/s1. The molecule has 0 aromatic carbocycles. The van der Waals surface area contributed by atoms with Crippen molar-refractivity contribution in [1.29, 1.82) is 0 Å². The minimum absolute atomic E-state index is 0.173. The summed E-state index contributed by atoms with van der Waals surface area (Å²) >= 11 is 0. The van der Waals surface area contributed by atoms with Gasteiger partial charge >= 0.3 is 5.97 Å². The summed E-state index contributed by atoms with van der Waals surface area (Å²) in [6.07, 6.45) is 4.48. The first kappa shape index (κ1) is 16.0. The Morgan fingerprint density at radius 2 is 1.96 bits per heavy atom. The lowest BCUT2D eigenvalue weighted by atomic mass is 10.0. The predicted molar refractivity (Wildman–Crippen MR) is 85.4 cm³/mol. The third-order valence-corrected chi connectivity index (χ3v) is 4.75. The van der Waals surface area contributed by atoms with E-state index in [9.17, 15) is 14.7 Å². The monoisotopic (exact) mass is 319 g/mol. The van der Waals surface area contributed by atoms with Gasteiger partial charge in [0.1, 0.15) is 5.69 Å². The van der Waals surface area contributed by atoms with Gasteiger partial charge in [-0.05, 0) is 52.5 Å². The van der Waals surface area contributed by atoms with E-state index in [0.717, 1.165) is 31.4 Å². The third-order valence-electron chi connectivity index (χ3n) is 4.75. The van der Waals surface area contributed by atoms with Crippen molar-refractivity contribution in [2.24, 2.45) is 5.92 Å². The zero-order chi connectivity index (χ0) is 16.8. The van der Waals surface area contributed by atoms with Crippen molar-refractivity contribution in [2.45, 2.75) is 70.4 Å². The largest absolute Gasteiger partial charge is 0.481 e. The number of nitrogens with one attached hydrogen (secondary N) is 1. The van der Waals surface area contributed by atoms with Crippen molar-refractivity contribution in [1.82, 2.24) is 15.1 Å². The van der Waals surface area contributed by atoms with Gasteiger partial charge in [-0.25, -0.2) is 0 Å². The van der Waals surface area contributed by atoms with E-state index >= 15 is 0 Å². The van der Waals surface area contributed by atoms with Crippen LogP contribution in [0.15, 0.2) is 6.07 Å². The Balaban J connectivity index is 1.79. The van der Waals surface area contributed by atoms with Crippen LogP contribution < -0.4 is 5.32 Å². The normalized spacial score (nSPS) is 24.7. The first-order valence-corrected chi connectivity index (χ1v) is 8.41. The molecule has 0 spiro atoms. The number of nitrogens with zero attached hydrogens (tertiary/aromatic N) is 2. The first-order valence-electron chi connectivity index (χ1n) is 8.41. The quantitative estimate of drug-likeness (QED) is 0.893. The van der Waals surface area contributed by atoms with Crippen molar-refractivity contribution in [2.75, 3.05) is 0 Å². The number of carboxylic acid groups (broad SMARTS) is 1. The van der Waals surface area contributed by atoms with Gasteiger partial charge in [-0.3, -0.25) is 14.3 Å². The van der Waals surface area contributed by atoms with Gasteiger partial charge in [0.15, 0.2) is 0 Å². The molecule has 2 aliphatic carbocycles. The van der Waals surface area contributed by atoms with E-state index in [1.165, 1.54) is 0 Å². The van der Waals surface area contributed by atoms with Crippen LogP contribution >= 0.6 is 0 Å². The van der Waals surface area contributed by atoms with Crippen LogP contribution in [0, 0.1) is 5.92 Å². The van der Waals surface area contributed by atoms with E-state index in [1.807, 2.05) is 10.7 Å².